The summed E-state index contributed by atoms with van der Waals surface area (Å²) in [6, 6.07) is 11.3. The molecule has 0 radical (unpaired) electrons. The van der Waals surface area contributed by atoms with E-state index in [9.17, 15) is 9.59 Å². The molecule has 1 aliphatic heterocycles. The lowest BCUT2D eigenvalue weighted by Crippen LogP contribution is -2.42. The number of nitrogens with one attached hydrogen (secondary N) is 1. The number of pyridine rings is 1. The van der Waals surface area contributed by atoms with E-state index in [0.29, 0.717) is 37.5 Å². The number of likely N-dealkylation sites (tertiary alicyclic amines) is 1. The monoisotopic (exact) mass is 373 g/mol. The number of rotatable bonds is 4. The quantitative estimate of drug-likeness (QED) is 0.860. The van der Waals surface area contributed by atoms with Gasteiger partial charge in [-0.1, -0.05) is 29.8 Å². The first-order chi connectivity index (χ1) is 12.5. The maximum absolute atomic E-state index is 12.4. The van der Waals surface area contributed by atoms with Crippen molar-refractivity contribution in [3.8, 4) is 11.1 Å². The zero-order valence-electron chi connectivity index (χ0n) is 14.2. The molecule has 2 heterocycles. The lowest BCUT2D eigenvalue weighted by Gasteiger charge is -2.29. The molecule has 1 aromatic carbocycles. The average Bonchev–Trinajstić information content (AvgIpc) is 2.67. The first-order valence-electron chi connectivity index (χ1n) is 8.50. The number of hydrogen-bond donors (Lipinski definition) is 2. The van der Waals surface area contributed by atoms with Gasteiger partial charge in [0, 0.05) is 35.8 Å². The largest absolute Gasteiger partial charge is 0.465 e. The molecule has 136 valence electrons. The fraction of sp³-hybridized carbons (Fsp3) is 0.316. The van der Waals surface area contributed by atoms with E-state index >= 15 is 0 Å². The third-order valence-electron chi connectivity index (χ3n) is 4.61. The number of benzene rings is 1. The third kappa shape index (κ3) is 4.32. The molecule has 0 unspecified atom stereocenters. The Morgan fingerprint density at radius 3 is 2.54 bits per heavy atom. The second-order valence-electron chi connectivity index (χ2n) is 6.27. The first kappa shape index (κ1) is 18.2. The van der Waals surface area contributed by atoms with Crippen molar-refractivity contribution in [3.05, 3.63) is 53.3 Å². The summed E-state index contributed by atoms with van der Waals surface area (Å²) >= 11 is 5.94. The highest BCUT2D eigenvalue weighted by atomic mass is 35.5. The third-order valence-corrected chi connectivity index (χ3v) is 4.86. The van der Waals surface area contributed by atoms with Gasteiger partial charge in [0.2, 0.25) is 5.91 Å². The SMILES string of the molecule is O=C(NCc1ncccc1-c1ccc(Cl)cc1)C1CCN(C(=O)O)CC1. The Kier molecular flexibility index (Phi) is 5.73. The highest BCUT2D eigenvalue weighted by Crippen LogP contribution is 2.24. The smallest absolute Gasteiger partial charge is 0.407 e. The fourth-order valence-corrected chi connectivity index (χ4v) is 3.25. The van der Waals surface area contributed by atoms with Crippen molar-refractivity contribution in [2.75, 3.05) is 13.1 Å². The Labute approximate surface area is 156 Å². The molecule has 1 fully saturated rings. The van der Waals surface area contributed by atoms with E-state index in [1.54, 1.807) is 6.20 Å². The maximum atomic E-state index is 12.4. The molecule has 0 atom stereocenters. The number of carbonyl (C=O) groups excluding carboxylic acids is 1. The van der Waals surface area contributed by atoms with Crippen LogP contribution in [0.1, 0.15) is 18.5 Å². The summed E-state index contributed by atoms with van der Waals surface area (Å²) in [6.45, 7) is 1.12. The fourth-order valence-electron chi connectivity index (χ4n) is 3.12. The van der Waals surface area contributed by atoms with E-state index in [-0.39, 0.29) is 11.8 Å². The van der Waals surface area contributed by atoms with Gasteiger partial charge in [0.15, 0.2) is 0 Å². The number of nitrogens with zero attached hydrogens (tertiary/aromatic N) is 2. The zero-order valence-corrected chi connectivity index (χ0v) is 14.9. The van der Waals surface area contributed by atoms with E-state index in [0.717, 1.165) is 16.8 Å². The predicted octanol–water partition coefficient (Wildman–Crippen LogP) is 3.41. The molecule has 3 rings (SSSR count). The van der Waals surface area contributed by atoms with Crippen molar-refractivity contribution >= 4 is 23.6 Å². The Morgan fingerprint density at radius 1 is 1.19 bits per heavy atom. The van der Waals surface area contributed by atoms with Gasteiger partial charge in [0.05, 0.1) is 12.2 Å². The average molecular weight is 374 g/mol. The van der Waals surface area contributed by atoms with E-state index in [1.807, 2.05) is 36.4 Å². The first-order valence-corrected chi connectivity index (χ1v) is 8.88. The van der Waals surface area contributed by atoms with Crippen molar-refractivity contribution in [2.24, 2.45) is 5.92 Å². The predicted molar refractivity (Wildman–Crippen MR) is 98.9 cm³/mol. The molecule has 0 spiro atoms. The van der Waals surface area contributed by atoms with Gasteiger partial charge in [-0.25, -0.2) is 4.79 Å². The van der Waals surface area contributed by atoms with Gasteiger partial charge < -0.3 is 15.3 Å². The van der Waals surface area contributed by atoms with Crippen LogP contribution in [0.15, 0.2) is 42.6 Å². The van der Waals surface area contributed by atoms with Gasteiger partial charge in [-0.2, -0.15) is 0 Å². The molecule has 0 bridgehead atoms. The molecule has 7 heteroatoms. The van der Waals surface area contributed by atoms with Crippen LogP contribution >= 0.6 is 11.6 Å². The van der Waals surface area contributed by atoms with Crippen LogP contribution in [0.4, 0.5) is 4.79 Å². The standard InChI is InChI=1S/C19H20ClN3O3/c20-15-5-3-13(4-6-15)16-2-1-9-21-17(16)12-22-18(24)14-7-10-23(11-8-14)19(25)26/h1-6,9,14H,7-8,10-12H2,(H,22,24)(H,25,26). The minimum Gasteiger partial charge on any atom is -0.465 e. The van der Waals surface area contributed by atoms with Gasteiger partial charge in [-0.3, -0.25) is 9.78 Å². The van der Waals surface area contributed by atoms with Crippen molar-refractivity contribution in [2.45, 2.75) is 19.4 Å². The van der Waals surface area contributed by atoms with E-state index < -0.39 is 6.09 Å². The van der Waals surface area contributed by atoms with Crippen LogP contribution in [0.5, 0.6) is 0 Å². The Bertz CT molecular complexity index is 787. The van der Waals surface area contributed by atoms with Gasteiger partial charge in [-0.15, -0.1) is 0 Å². The Hall–Kier alpha value is -2.60. The summed E-state index contributed by atoms with van der Waals surface area (Å²) < 4.78 is 0. The number of carbonyl (C=O) groups is 2. The molecular weight excluding hydrogens is 354 g/mol. The second kappa shape index (κ2) is 8.19. The van der Waals surface area contributed by atoms with Crippen molar-refractivity contribution in [1.29, 1.82) is 0 Å². The summed E-state index contributed by atoms with van der Waals surface area (Å²) in [7, 11) is 0. The summed E-state index contributed by atoms with van der Waals surface area (Å²) in [5.41, 5.74) is 2.72. The minimum absolute atomic E-state index is 0.0530. The van der Waals surface area contributed by atoms with Gasteiger partial charge in [0.1, 0.15) is 0 Å². The topological polar surface area (TPSA) is 82.5 Å². The minimum atomic E-state index is -0.926. The van der Waals surface area contributed by atoms with Crippen molar-refractivity contribution in [1.82, 2.24) is 15.2 Å². The number of halogens is 1. The van der Waals surface area contributed by atoms with Crippen LogP contribution in [-0.4, -0.2) is 40.1 Å². The summed E-state index contributed by atoms with van der Waals surface area (Å²) in [6.07, 6.45) is 1.87. The number of hydrogen-bond acceptors (Lipinski definition) is 3. The van der Waals surface area contributed by atoms with E-state index in [2.05, 4.69) is 10.3 Å². The lowest BCUT2D eigenvalue weighted by atomic mass is 9.96. The van der Waals surface area contributed by atoms with Crippen LogP contribution in [-0.2, 0) is 11.3 Å². The van der Waals surface area contributed by atoms with Crippen LogP contribution in [0, 0.1) is 5.92 Å². The molecule has 1 aromatic heterocycles. The molecule has 6 nitrogen and oxygen atoms in total. The molecule has 1 aliphatic rings. The van der Waals surface area contributed by atoms with Crippen LogP contribution in [0.3, 0.4) is 0 Å². The summed E-state index contributed by atoms with van der Waals surface area (Å²) in [4.78, 5) is 29.1. The van der Waals surface area contributed by atoms with Crippen LogP contribution in [0.25, 0.3) is 11.1 Å². The maximum Gasteiger partial charge on any atom is 0.407 e. The van der Waals surface area contributed by atoms with E-state index in [4.69, 9.17) is 16.7 Å². The summed E-state index contributed by atoms with van der Waals surface area (Å²) in [5, 5.41) is 12.6. The molecule has 2 amide bonds. The number of amides is 2. The van der Waals surface area contributed by atoms with Crippen LogP contribution in [0.2, 0.25) is 5.02 Å². The molecular formula is C19H20ClN3O3. The van der Waals surface area contributed by atoms with Crippen molar-refractivity contribution < 1.29 is 14.7 Å². The zero-order chi connectivity index (χ0) is 18.5. The lowest BCUT2D eigenvalue weighted by molar-refractivity contribution is -0.126. The number of piperidine rings is 1. The van der Waals surface area contributed by atoms with Crippen LogP contribution < -0.4 is 5.32 Å². The van der Waals surface area contributed by atoms with Gasteiger partial charge in [0.25, 0.3) is 0 Å². The molecule has 2 aromatic rings. The molecule has 0 aliphatic carbocycles. The van der Waals surface area contributed by atoms with Gasteiger partial charge in [-0.05, 0) is 36.6 Å². The number of carboxylic acid groups (broad SMARTS) is 1. The van der Waals surface area contributed by atoms with E-state index in [1.165, 1.54) is 4.90 Å². The normalized spacial score (nSPS) is 14.9. The molecule has 26 heavy (non-hydrogen) atoms. The number of aromatic nitrogens is 1. The molecule has 1 saturated heterocycles. The summed E-state index contributed by atoms with van der Waals surface area (Å²) in [5.74, 6) is -0.212. The molecule has 2 N–H and O–H groups in total. The second-order valence-corrected chi connectivity index (χ2v) is 6.70. The Morgan fingerprint density at radius 2 is 1.88 bits per heavy atom. The highest BCUT2D eigenvalue weighted by molar-refractivity contribution is 6.30. The Balaban J connectivity index is 1.62. The molecule has 0 saturated carbocycles. The van der Waals surface area contributed by atoms with Crippen molar-refractivity contribution in [3.63, 3.8) is 0 Å². The highest BCUT2D eigenvalue weighted by Gasteiger charge is 2.27. The van der Waals surface area contributed by atoms with Gasteiger partial charge >= 0.3 is 6.09 Å².